The Morgan fingerprint density at radius 3 is 2.67 bits per heavy atom. The lowest BCUT2D eigenvalue weighted by atomic mass is 10.1. The van der Waals surface area contributed by atoms with Crippen molar-refractivity contribution in [3.8, 4) is 5.75 Å². The van der Waals surface area contributed by atoms with Gasteiger partial charge in [-0.05, 0) is 62.3 Å². The highest BCUT2D eigenvalue weighted by atomic mass is 32.1. The zero-order valence-electron chi connectivity index (χ0n) is 15.5. The van der Waals surface area contributed by atoms with Gasteiger partial charge in [0.2, 0.25) is 5.91 Å². The largest absolute Gasteiger partial charge is 0.484 e. The zero-order chi connectivity index (χ0) is 19.4. The van der Waals surface area contributed by atoms with Crippen molar-refractivity contribution in [2.75, 3.05) is 5.32 Å². The molecule has 1 heterocycles. The summed E-state index contributed by atoms with van der Waals surface area (Å²) in [6.45, 7) is 6.08. The molecule has 3 rings (SSSR count). The predicted octanol–water partition coefficient (Wildman–Crippen LogP) is 4.35. The summed E-state index contributed by atoms with van der Waals surface area (Å²) in [4.78, 5) is 12.5. The maximum atomic E-state index is 12.3. The number of benzene rings is 2. The molecule has 0 saturated heterocycles. The van der Waals surface area contributed by atoms with Crippen LogP contribution in [-0.2, 0) is 17.9 Å². The number of nitrogens with zero attached hydrogens (tertiary/aromatic N) is 2. The lowest BCUT2D eigenvalue weighted by Gasteiger charge is -2.10. The smallest absolute Gasteiger partial charge is 0.287 e. The van der Waals surface area contributed by atoms with Crippen LogP contribution < -0.4 is 10.1 Å². The van der Waals surface area contributed by atoms with Gasteiger partial charge in [-0.25, -0.2) is 4.68 Å². The molecule has 0 spiro atoms. The number of rotatable bonds is 6. The molecular weight excluding hydrogens is 362 g/mol. The van der Waals surface area contributed by atoms with Crippen LogP contribution >= 0.6 is 12.2 Å². The van der Waals surface area contributed by atoms with Crippen molar-refractivity contribution in [3.05, 3.63) is 69.9 Å². The van der Waals surface area contributed by atoms with Crippen LogP contribution in [0.1, 0.15) is 22.6 Å². The molecule has 0 aliphatic rings. The fourth-order valence-corrected chi connectivity index (χ4v) is 2.70. The Balaban J connectivity index is 1.62. The molecule has 1 aromatic heterocycles. The van der Waals surface area contributed by atoms with Crippen molar-refractivity contribution in [1.29, 1.82) is 0 Å². The van der Waals surface area contributed by atoms with Crippen molar-refractivity contribution >= 4 is 23.8 Å². The van der Waals surface area contributed by atoms with E-state index in [1.54, 1.807) is 0 Å². The number of hydrogen-bond acceptors (Lipinski definition) is 5. The minimum Gasteiger partial charge on any atom is -0.484 e. The molecule has 1 N–H and O–H groups in total. The molecule has 0 bridgehead atoms. The molecule has 0 atom stereocenters. The molecule has 6 nitrogen and oxygen atoms in total. The molecule has 1 amide bonds. The molecule has 0 aliphatic carbocycles. The van der Waals surface area contributed by atoms with E-state index in [-0.39, 0.29) is 23.9 Å². The number of aromatic nitrogens is 2. The van der Waals surface area contributed by atoms with Gasteiger partial charge in [0.25, 0.3) is 10.7 Å². The first-order valence-corrected chi connectivity index (χ1v) is 8.95. The number of aryl methyl sites for hydroxylation is 2. The summed E-state index contributed by atoms with van der Waals surface area (Å²) in [5.41, 5.74) is 4.07. The van der Waals surface area contributed by atoms with Crippen LogP contribution in [0.2, 0.25) is 0 Å². The second-order valence-corrected chi connectivity index (χ2v) is 6.67. The molecule has 27 heavy (non-hydrogen) atoms. The summed E-state index contributed by atoms with van der Waals surface area (Å²) in [5, 5.41) is 7.10. The third kappa shape index (κ3) is 4.83. The summed E-state index contributed by atoms with van der Waals surface area (Å²) in [7, 11) is 0. The highest BCUT2D eigenvalue weighted by Crippen LogP contribution is 2.18. The summed E-state index contributed by atoms with van der Waals surface area (Å²) >= 11 is 5.15. The van der Waals surface area contributed by atoms with E-state index in [2.05, 4.69) is 10.4 Å². The second-order valence-electron chi connectivity index (χ2n) is 6.32. The normalized spacial score (nSPS) is 10.6. The van der Waals surface area contributed by atoms with Gasteiger partial charge in [-0.1, -0.05) is 29.8 Å². The number of carbonyl (C=O) groups excluding carboxylic acids is 1. The van der Waals surface area contributed by atoms with Crippen molar-refractivity contribution in [1.82, 2.24) is 9.78 Å². The van der Waals surface area contributed by atoms with Gasteiger partial charge in [0.1, 0.15) is 12.3 Å². The van der Waals surface area contributed by atoms with E-state index < -0.39 is 0 Å². The Morgan fingerprint density at radius 1 is 1.19 bits per heavy atom. The van der Waals surface area contributed by atoms with Crippen LogP contribution in [0.15, 0.2) is 46.9 Å². The van der Waals surface area contributed by atoms with Crippen molar-refractivity contribution < 1.29 is 13.9 Å². The number of nitrogens with one attached hydrogen (secondary N) is 1. The number of hydrogen-bond donors (Lipinski definition) is 1. The molecule has 0 unspecified atom stereocenters. The monoisotopic (exact) mass is 383 g/mol. The van der Waals surface area contributed by atoms with Crippen molar-refractivity contribution in [2.45, 2.75) is 33.9 Å². The number of ether oxygens (including phenoxy) is 1. The van der Waals surface area contributed by atoms with Crippen molar-refractivity contribution in [2.24, 2.45) is 0 Å². The third-order valence-electron chi connectivity index (χ3n) is 4.20. The van der Waals surface area contributed by atoms with Crippen molar-refractivity contribution in [3.63, 3.8) is 0 Å². The second kappa shape index (κ2) is 8.18. The Labute approximate surface area is 162 Å². The standard InChI is InChI=1S/C20H21N3O3S/c1-13-7-9-16(10-8-13)25-12-19-22-23(20(27)26-19)11-18(24)21-17-6-4-5-14(2)15(17)3/h4-10H,11-12H2,1-3H3,(H,21,24). The van der Waals surface area contributed by atoms with Gasteiger partial charge in [-0.3, -0.25) is 4.79 Å². The van der Waals surface area contributed by atoms with Crippen LogP contribution in [0, 0.1) is 25.6 Å². The van der Waals surface area contributed by atoms with Gasteiger partial charge in [0.15, 0.2) is 6.61 Å². The minimum absolute atomic E-state index is 0.0275. The number of anilines is 1. The molecule has 3 aromatic rings. The van der Waals surface area contributed by atoms with Gasteiger partial charge in [0, 0.05) is 5.69 Å². The summed E-state index contributed by atoms with van der Waals surface area (Å²) in [6, 6.07) is 13.4. The molecule has 2 aromatic carbocycles. The highest BCUT2D eigenvalue weighted by molar-refractivity contribution is 7.71. The first kappa shape index (κ1) is 18.8. The van der Waals surface area contributed by atoms with Gasteiger partial charge in [-0.2, -0.15) is 0 Å². The van der Waals surface area contributed by atoms with E-state index in [1.807, 2.05) is 63.2 Å². The Morgan fingerprint density at radius 2 is 1.93 bits per heavy atom. The molecule has 7 heteroatoms. The summed E-state index contributed by atoms with van der Waals surface area (Å²) in [5.74, 6) is 0.808. The maximum Gasteiger partial charge on any atom is 0.287 e. The van der Waals surface area contributed by atoms with Crippen LogP contribution in [0.4, 0.5) is 5.69 Å². The molecular formula is C20H21N3O3S. The van der Waals surface area contributed by atoms with Gasteiger partial charge >= 0.3 is 0 Å². The zero-order valence-corrected chi connectivity index (χ0v) is 16.3. The third-order valence-corrected chi connectivity index (χ3v) is 4.50. The SMILES string of the molecule is Cc1ccc(OCc2nn(CC(=O)Nc3cccc(C)c3C)c(=S)o2)cc1. The lowest BCUT2D eigenvalue weighted by Crippen LogP contribution is -2.20. The Bertz CT molecular complexity index is 1010. The molecule has 0 radical (unpaired) electrons. The summed E-state index contributed by atoms with van der Waals surface area (Å²) < 4.78 is 12.4. The topological polar surface area (TPSA) is 69.3 Å². The Kier molecular flexibility index (Phi) is 5.71. The molecule has 0 saturated carbocycles. The van der Waals surface area contributed by atoms with E-state index in [0.717, 1.165) is 22.4 Å². The van der Waals surface area contributed by atoms with E-state index >= 15 is 0 Å². The van der Waals surface area contributed by atoms with Gasteiger partial charge in [0.05, 0.1) is 0 Å². The minimum atomic E-state index is -0.223. The quantitative estimate of drug-likeness (QED) is 0.641. The maximum absolute atomic E-state index is 12.3. The average molecular weight is 383 g/mol. The Hall–Kier alpha value is -2.93. The van der Waals surface area contributed by atoms with Crippen LogP contribution in [-0.4, -0.2) is 15.7 Å². The van der Waals surface area contributed by atoms with Crippen LogP contribution in [0.5, 0.6) is 5.75 Å². The van der Waals surface area contributed by atoms with Crippen LogP contribution in [0.3, 0.4) is 0 Å². The fraction of sp³-hybridized carbons (Fsp3) is 0.250. The number of amides is 1. The van der Waals surface area contributed by atoms with Crippen LogP contribution in [0.25, 0.3) is 0 Å². The summed E-state index contributed by atoms with van der Waals surface area (Å²) in [6.07, 6.45) is 0. The van der Waals surface area contributed by atoms with E-state index in [1.165, 1.54) is 4.68 Å². The average Bonchev–Trinajstić information content (AvgIpc) is 2.98. The first-order chi connectivity index (χ1) is 12.9. The molecule has 0 aliphatic heterocycles. The lowest BCUT2D eigenvalue weighted by molar-refractivity contribution is -0.117. The van der Waals surface area contributed by atoms with Gasteiger partial charge < -0.3 is 14.5 Å². The van der Waals surface area contributed by atoms with E-state index in [9.17, 15) is 4.79 Å². The number of carbonyl (C=O) groups is 1. The molecule has 140 valence electrons. The molecule has 0 fully saturated rings. The first-order valence-electron chi connectivity index (χ1n) is 8.55. The predicted molar refractivity (Wildman–Crippen MR) is 105 cm³/mol. The van der Waals surface area contributed by atoms with E-state index in [0.29, 0.717) is 11.6 Å². The highest BCUT2D eigenvalue weighted by Gasteiger charge is 2.12. The van der Waals surface area contributed by atoms with E-state index in [4.69, 9.17) is 21.4 Å². The fourth-order valence-electron chi connectivity index (χ4n) is 2.50. The van der Waals surface area contributed by atoms with Gasteiger partial charge in [-0.15, -0.1) is 5.10 Å².